The van der Waals surface area contributed by atoms with Gasteiger partial charge in [-0.2, -0.15) is 0 Å². The predicted octanol–water partition coefficient (Wildman–Crippen LogP) is 4.19. The number of imidazole rings is 1. The van der Waals surface area contributed by atoms with Crippen molar-refractivity contribution in [2.75, 3.05) is 51.6 Å². The maximum Gasteiger partial charge on any atom is 0.251 e. The van der Waals surface area contributed by atoms with Crippen molar-refractivity contribution < 1.29 is 13.9 Å². The summed E-state index contributed by atoms with van der Waals surface area (Å²) in [5.74, 6) is 0.254. The molecule has 0 unspecified atom stereocenters. The molecule has 0 radical (unpaired) electrons. The van der Waals surface area contributed by atoms with Crippen molar-refractivity contribution in [3.8, 4) is 22.9 Å². The number of halogens is 1. The number of amides is 1. The van der Waals surface area contributed by atoms with Crippen LogP contribution in [0.25, 0.3) is 16.9 Å². The minimum atomic E-state index is -0.381. The SMILES string of the molecule is Cc1cc(-c2cnc3c(NCCN4CCN(C)CC4)cc(Oc4cccc(F)c4)nn23)ccc1C(=O)NC1CC1. The van der Waals surface area contributed by atoms with Crippen molar-refractivity contribution in [1.29, 1.82) is 0 Å². The van der Waals surface area contributed by atoms with Gasteiger partial charge in [0.05, 0.1) is 17.6 Å². The predicted molar refractivity (Wildman–Crippen MR) is 153 cm³/mol. The van der Waals surface area contributed by atoms with Gasteiger partial charge in [0.2, 0.25) is 5.88 Å². The molecule has 9 nitrogen and oxygen atoms in total. The second kappa shape index (κ2) is 11.2. The first-order valence-corrected chi connectivity index (χ1v) is 13.8. The Kier molecular flexibility index (Phi) is 7.36. The first kappa shape index (κ1) is 26.2. The molecule has 40 heavy (non-hydrogen) atoms. The lowest BCUT2D eigenvalue weighted by Crippen LogP contribution is -2.45. The third-order valence-corrected chi connectivity index (χ3v) is 7.48. The van der Waals surface area contributed by atoms with Gasteiger partial charge < -0.3 is 20.3 Å². The number of nitrogens with one attached hydrogen (secondary N) is 2. The van der Waals surface area contributed by atoms with E-state index in [9.17, 15) is 9.18 Å². The van der Waals surface area contributed by atoms with E-state index in [4.69, 9.17) is 14.8 Å². The molecule has 2 aliphatic rings. The van der Waals surface area contributed by atoms with Gasteiger partial charge in [0.1, 0.15) is 11.6 Å². The number of carbonyl (C=O) groups is 1. The molecule has 2 aromatic heterocycles. The first-order valence-electron chi connectivity index (χ1n) is 13.8. The van der Waals surface area contributed by atoms with Crippen molar-refractivity contribution in [3.63, 3.8) is 0 Å². The zero-order chi connectivity index (χ0) is 27.6. The molecular formula is C30H34FN7O2. The highest BCUT2D eigenvalue weighted by Gasteiger charge is 2.24. The Morgan fingerprint density at radius 2 is 1.93 bits per heavy atom. The largest absolute Gasteiger partial charge is 0.437 e. The number of benzene rings is 2. The summed E-state index contributed by atoms with van der Waals surface area (Å²) in [4.78, 5) is 22.1. The summed E-state index contributed by atoms with van der Waals surface area (Å²) in [5, 5.41) is 11.3. The van der Waals surface area contributed by atoms with Crippen LogP contribution >= 0.6 is 0 Å². The van der Waals surface area contributed by atoms with E-state index in [0.717, 1.165) is 74.6 Å². The molecule has 2 fully saturated rings. The first-order chi connectivity index (χ1) is 19.4. The molecule has 1 saturated heterocycles. The van der Waals surface area contributed by atoms with E-state index in [1.165, 1.54) is 12.1 Å². The van der Waals surface area contributed by atoms with E-state index in [1.807, 2.05) is 25.1 Å². The minimum absolute atomic E-state index is 0.0413. The number of anilines is 1. The maximum absolute atomic E-state index is 13.8. The van der Waals surface area contributed by atoms with Crippen LogP contribution in [0.15, 0.2) is 54.7 Å². The van der Waals surface area contributed by atoms with E-state index < -0.39 is 0 Å². The Bertz CT molecular complexity index is 1530. The Morgan fingerprint density at radius 3 is 2.67 bits per heavy atom. The molecule has 3 heterocycles. The van der Waals surface area contributed by atoms with Gasteiger partial charge >= 0.3 is 0 Å². The molecule has 1 amide bonds. The Balaban J connectivity index is 1.30. The monoisotopic (exact) mass is 543 g/mol. The number of hydrogen-bond donors (Lipinski definition) is 2. The smallest absolute Gasteiger partial charge is 0.251 e. The lowest BCUT2D eigenvalue weighted by atomic mass is 10.0. The van der Waals surface area contributed by atoms with Crippen LogP contribution in [0.1, 0.15) is 28.8 Å². The fourth-order valence-corrected chi connectivity index (χ4v) is 4.96. The summed E-state index contributed by atoms with van der Waals surface area (Å²) in [5.41, 5.74) is 4.63. The number of aromatic nitrogens is 3. The van der Waals surface area contributed by atoms with Gasteiger partial charge in [-0.05, 0) is 56.6 Å². The molecule has 1 aliphatic carbocycles. The lowest BCUT2D eigenvalue weighted by Gasteiger charge is -2.32. The second-order valence-corrected chi connectivity index (χ2v) is 10.7. The zero-order valence-electron chi connectivity index (χ0n) is 22.9. The van der Waals surface area contributed by atoms with Gasteiger partial charge in [-0.1, -0.05) is 12.1 Å². The summed E-state index contributed by atoms with van der Waals surface area (Å²) in [6.07, 6.45) is 3.86. The lowest BCUT2D eigenvalue weighted by molar-refractivity contribution is 0.0950. The second-order valence-electron chi connectivity index (χ2n) is 10.7. The molecule has 0 atom stereocenters. The molecule has 2 aromatic carbocycles. The van der Waals surface area contributed by atoms with Gasteiger partial charge in [-0.15, -0.1) is 5.10 Å². The van der Waals surface area contributed by atoms with E-state index >= 15 is 0 Å². The molecule has 2 N–H and O–H groups in total. The summed E-state index contributed by atoms with van der Waals surface area (Å²) in [6.45, 7) is 7.78. The van der Waals surface area contributed by atoms with Crippen LogP contribution in [0.2, 0.25) is 0 Å². The van der Waals surface area contributed by atoms with Gasteiger partial charge in [0, 0.05) is 68.6 Å². The number of likely N-dealkylation sites (N-methyl/N-ethyl adjacent to an activating group) is 1. The van der Waals surface area contributed by atoms with Crippen LogP contribution in [0, 0.1) is 12.7 Å². The minimum Gasteiger partial charge on any atom is -0.437 e. The van der Waals surface area contributed by atoms with Crippen LogP contribution in [0.5, 0.6) is 11.6 Å². The fraction of sp³-hybridized carbons (Fsp3) is 0.367. The number of carbonyl (C=O) groups excluding carboxylic acids is 1. The Morgan fingerprint density at radius 1 is 1.10 bits per heavy atom. The number of fused-ring (bicyclic) bond motifs is 1. The van der Waals surface area contributed by atoms with Crippen LogP contribution < -0.4 is 15.4 Å². The van der Waals surface area contributed by atoms with E-state index in [0.29, 0.717) is 28.9 Å². The normalized spacial score (nSPS) is 16.3. The fourth-order valence-electron chi connectivity index (χ4n) is 4.96. The standard InChI is InChI=1S/C30H34FN7O2/c1-20-16-21(6-9-25(20)30(39)34-23-7-8-23)27-19-33-29-26(32-10-11-37-14-12-36(2)13-15-37)18-28(35-38(27)29)40-24-5-3-4-22(31)17-24/h3-6,9,16-19,23,32H,7-8,10-15H2,1-2H3,(H,34,39). The zero-order valence-corrected chi connectivity index (χ0v) is 22.9. The molecule has 10 heteroatoms. The molecule has 1 aliphatic heterocycles. The molecule has 4 aromatic rings. The Hall–Kier alpha value is -4.02. The van der Waals surface area contributed by atoms with E-state index in [-0.39, 0.29) is 11.7 Å². The highest BCUT2D eigenvalue weighted by Crippen LogP contribution is 2.30. The van der Waals surface area contributed by atoms with Crippen LogP contribution in [-0.4, -0.2) is 82.7 Å². The van der Waals surface area contributed by atoms with Crippen molar-refractivity contribution in [3.05, 3.63) is 71.7 Å². The molecule has 1 saturated carbocycles. The van der Waals surface area contributed by atoms with Crippen LogP contribution in [0.3, 0.4) is 0 Å². The number of hydrogen-bond acceptors (Lipinski definition) is 7. The number of rotatable bonds is 9. The molecule has 0 spiro atoms. The maximum atomic E-state index is 13.8. The summed E-state index contributed by atoms with van der Waals surface area (Å²) in [6, 6.07) is 13.9. The van der Waals surface area contributed by atoms with Gasteiger partial charge in [-0.25, -0.2) is 13.9 Å². The van der Waals surface area contributed by atoms with Crippen LogP contribution in [-0.2, 0) is 0 Å². The summed E-state index contributed by atoms with van der Waals surface area (Å²) in [7, 11) is 2.15. The van der Waals surface area contributed by atoms with Crippen molar-refractivity contribution in [1.82, 2.24) is 29.7 Å². The van der Waals surface area contributed by atoms with E-state index in [1.54, 1.807) is 28.9 Å². The average Bonchev–Trinajstić information content (AvgIpc) is 3.64. The molecule has 6 rings (SSSR count). The van der Waals surface area contributed by atoms with E-state index in [2.05, 4.69) is 27.5 Å². The van der Waals surface area contributed by atoms with Gasteiger partial charge in [0.15, 0.2) is 5.65 Å². The molecule has 0 bridgehead atoms. The van der Waals surface area contributed by atoms with Crippen molar-refractivity contribution in [2.45, 2.75) is 25.8 Å². The van der Waals surface area contributed by atoms with Crippen LogP contribution in [0.4, 0.5) is 10.1 Å². The topological polar surface area (TPSA) is 87.0 Å². The number of ether oxygens (including phenoxy) is 1. The average molecular weight is 544 g/mol. The number of aryl methyl sites for hydroxylation is 1. The highest BCUT2D eigenvalue weighted by atomic mass is 19.1. The summed E-state index contributed by atoms with van der Waals surface area (Å²) < 4.78 is 21.6. The van der Waals surface area contributed by atoms with Crippen molar-refractivity contribution in [2.24, 2.45) is 0 Å². The molecule has 208 valence electrons. The van der Waals surface area contributed by atoms with Gasteiger partial charge in [0.25, 0.3) is 5.91 Å². The third-order valence-electron chi connectivity index (χ3n) is 7.48. The van der Waals surface area contributed by atoms with Crippen molar-refractivity contribution >= 4 is 17.2 Å². The summed E-state index contributed by atoms with van der Waals surface area (Å²) >= 11 is 0. The number of nitrogens with zero attached hydrogens (tertiary/aromatic N) is 5. The Labute approximate surface area is 232 Å². The molecular weight excluding hydrogens is 509 g/mol. The van der Waals surface area contributed by atoms with Gasteiger partial charge in [-0.3, -0.25) is 9.69 Å². The quantitative estimate of drug-likeness (QED) is 0.327. The number of piperazine rings is 1. The third kappa shape index (κ3) is 5.93. The highest BCUT2D eigenvalue weighted by molar-refractivity contribution is 5.96.